The molecule has 0 fully saturated rings. The summed E-state index contributed by atoms with van der Waals surface area (Å²) in [6.07, 6.45) is 0.208. The molecule has 184 valence electrons. The first-order valence-electron chi connectivity index (χ1n) is 11.9. The van der Waals surface area contributed by atoms with Crippen LogP contribution in [0.5, 0.6) is 5.75 Å². The molecule has 36 heavy (non-hydrogen) atoms. The van der Waals surface area contributed by atoms with Gasteiger partial charge in [-0.2, -0.15) is 0 Å². The van der Waals surface area contributed by atoms with Crippen LogP contribution >= 0.6 is 0 Å². The number of hydrogen-bond donors (Lipinski definition) is 1. The number of amides is 2. The van der Waals surface area contributed by atoms with Crippen LogP contribution in [0.15, 0.2) is 66.7 Å². The highest BCUT2D eigenvalue weighted by atomic mass is 16.5. The lowest BCUT2D eigenvalue weighted by Crippen LogP contribution is -2.32. The Balaban J connectivity index is 1.56. The minimum atomic E-state index is -0.192. The van der Waals surface area contributed by atoms with Crippen molar-refractivity contribution in [2.45, 2.75) is 13.0 Å². The Morgan fingerprint density at radius 2 is 1.86 bits per heavy atom. The molecule has 1 aliphatic heterocycles. The first kappa shape index (κ1) is 23.6. The van der Waals surface area contributed by atoms with Crippen molar-refractivity contribution in [2.75, 3.05) is 32.2 Å². The van der Waals surface area contributed by atoms with Gasteiger partial charge in [-0.25, -0.2) is 4.98 Å². The highest BCUT2D eigenvalue weighted by Crippen LogP contribution is 2.31. The maximum absolute atomic E-state index is 13.7. The van der Waals surface area contributed by atoms with E-state index in [0.29, 0.717) is 43.1 Å². The molecule has 0 saturated carbocycles. The molecule has 0 unspecified atom stereocenters. The standard InChI is InChI=1S/C28H28N4O4/c1-31-26-22(29-25(33)12-14-35-2)16-21(17-23(26)30-27(31)19-8-4-3-5-9-19)28(34)32-13-15-36-24-11-7-6-10-20(24)18-32/h3-11,16-17H,12-15,18H2,1-2H3,(H,29,33). The molecule has 0 radical (unpaired) electrons. The van der Waals surface area contributed by atoms with E-state index < -0.39 is 0 Å². The molecule has 0 atom stereocenters. The van der Waals surface area contributed by atoms with Crippen LogP contribution in [0.25, 0.3) is 22.4 Å². The quantitative estimate of drug-likeness (QED) is 0.442. The summed E-state index contributed by atoms with van der Waals surface area (Å²) in [5.74, 6) is 1.21. The number of aromatic nitrogens is 2. The summed E-state index contributed by atoms with van der Waals surface area (Å²) in [6.45, 7) is 1.62. The van der Waals surface area contributed by atoms with E-state index in [2.05, 4.69) is 5.32 Å². The Hall–Kier alpha value is -4.17. The molecule has 1 aliphatic rings. The zero-order valence-electron chi connectivity index (χ0n) is 20.4. The average molecular weight is 485 g/mol. The van der Waals surface area contributed by atoms with E-state index in [1.165, 1.54) is 0 Å². The number of anilines is 1. The molecule has 3 aromatic carbocycles. The molecule has 2 heterocycles. The van der Waals surface area contributed by atoms with E-state index in [-0.39, 0.29) is 18.2 Å². The first-order chi connectivity index (χ1) is 17.5. The largest absolute Gasteiger partial charge is 0.491 e. The van der Waals surface area contributed by atoms with E-state index in [4.69, 9.17) is 14.5 Å². The van der Waals surface area contributed by atoms with E-state index in [0.717, 1.165) is 28.2 Å². The lowest BCUT2D eigenvalue weighted by molar-refractivity contribution is -0.117. The topological polar surface area (TPSA) is 85.7 Å². The van der Waals surface area contributed by atoms with E-state index in [9.17, 15) is 9.59 Å². The first-order valence-corrected chi connectivity index (χ1v) is 11.9. The average Bonchev–Trinajstić information content (AvgIpc) is 3.09. The number of carbonyl (C=O) groups excluding carboxylic acids is 2. The lowest BCUT2D eigenvalue weighted by atomic mass is 10.1. The molecule has 0 spiro atoms. The van der Waals surface area contributed by atoms with Crippen molar-refractivity contribution >= 4 is 28.5 Å². The number of imidazole rings is 1. The third-order valence-electron chi connectivity index (χ3n) is 6.30. The number of hydrogen-bond acceptors (Lipinski definition) is 5. The van der Waals surface area contributed by atoms with Gasteiger partial charge in [-0.15, -0.1) is 0 Å². The van der Waals surface area contributed by atoms with Gasteiger partial charge in [0.2, 0.25) is 5.91 Å². The molecule has 4 aromatic rings. The number of nitrogens with one attached hydrogen (secondary N) is 1. The second-order valence-electron chi connectivity index (χ2n) is 8.73. The monoisotopic (exact) mass is 484 g/mol. The van der Waals surface area contributed by atoms with Crippen molar-refractivity contribution in [3.8, 4) is 17.1 Å². The Morgan fingerprint density at radius 3 is 2.67 bits per heavy atom. The maximum Gasteiger partial charge on any atom is 0.254 e. The van der Waals surface area contributed by atoms with Gasteiger partial charge in [0.05, 0.1) is 36.3 Å². The molecule has 1 aromatic heterocycles. The van der Waals surface area contributed by atoms with Gasteiger partial charge in [-0.1, -0.05) is 48.5 Å². The van der Waals surface area contributed by atoms with Crippen molar-refractivity contribution in [1.82, 2.24) is 14.5 Å². The second kappa shape index (κ2) is 10.2. The van der Waals surface area contributed by atoms with Crippen molar-refractivity contribution in [2.24, 2.45) is 7.05 Å². The van der Waals surface area contributed by atoms with E-state index >= 15 is 0 Å². The van der Waals surface area contributed by atoms with Crippen molar-refractivity contribution in [3.63, 3.8) is 0 Å². The van der Waals surface area contributed by atoms with Crippen LogP contribution in [-0.2, 0) is 23.1 Å². The zero-order valence-corrected chi connectivity index (χ0v) is 20.4. The third kappa shape index (κ3) is 4.67. The predicted octanol–water partition coefficient (Wildman–Crippen LogP) is 4.25. The van der Waals surface area contributed by atoms with Crippen LogP contribution in [0.3, 0.4) is 0 Å². The number of aryl methyl sites for hydroxylation is 1. The number of methoxy groups -OCH3 is 1. The Labute approximate surface area is 209 Å². The normalized spacial score (nSPS) is 13.1. The van der Waals surface area contributed by atoms with Crippen molar-refractivity contribution in [1.29, 1.82) is 0 Å². The molecule has 0 aliphatic carbocycles. The summed E-state index contributed by atoms with van der Waals surface area (Å²) in [5.41, 5.74) is 4.29. The summed E-state index contributed by atoms with van der Waals surface area (Å²) in [4.78, 5) is 32.9. The van der Waals surface area contributed by atoms with Gasteiger partial charge in [-0.05, 0) is 18.2 Å². The number of para-hydroxylation sites is 1. The molecule has 0 bridgehead atoms. The van der Waals surface area contributed by atoms with Crippen LogP contribution in [0.1, 0.15) is 22.3 Å². The number of rotatable bonds is 6. The Morgan fingerprint density at radius 1 is 1.08 bits per heavy atom. The molecule has 2 amide bonds. The van der Waals surface area contributed by atoms with E-state index in [1.54, 1.807) is 24.1 Å². The van der Waals surface area contributed by atoms with Gasteiger partial charge in [0.15, 0.2) is 0 Å². The molecule has 8 nitrogen and oxygen atoms in total. The maximum atomic E-state index is 13.7. The summed E-state index contributed by atoms with van der Waals surface area (Å²) in [5, 5.41) is 2.98. The highest BCUT2D eigenvalue weighted by Gasteiger charge is 2.24. The summed E-state index contributed by atoms with van der Waals surface area (Å²) in [7, 11) is 3.47. The van der Waals surface area contributed by atoms with Gasteiger partial charge in [0.1, 0.15) is 18.2 Å². The molecule has 1 N–H and O–H groups in total. The third-order valence-corrected chi connectivity index (χ3v) is 6.30. The summed E-state index contributed by atoms with van der Waals surface area (Å²) >= 11 is 0. The van der Waals surface area contributed by atoms with Crippen molar-refractivity contribution < 1.29 is 19.1 Å². The van der Waals surface area contributed by atoms with Crippen LogP contribution in [-0.4, -0.2) is 53.1 Å². The molecule has 5 rings (SSSR count). The van der Waals surface area contributed by atoms with E-state index in [1.807, 2.05) is 66.2 Å². The fraction of sp³-hybridized carbons (Fsp3) is 0.250. The number of benzene rings is 3. The zero-order chi connectivity index (χ0) is 25.1. The minimum absolute atomic E-state index is 0.142. The molecule has 0 saturated heterocycles. The van der Waals surface area contributed by atoms with Crippen LogP contribution in [0, 0.1) is 0 Å². The predicted molar refractivity (Wildman–Crippen MR) is 138 cm³/mol. The molecular weight excluding hydrogens is 456 g/mol. The summed E-state index contributed by atoms with van der Waals surface area (Å²) in [6, 6.07) is 21.1. The highest BCUT2D eigenvalue weighted by molar-refractivity contribution is 6.06. The number of ether oxygens (including phenoxy) is 2. The minimum Gasteiger partial charge on any atom is -0.491 e. The lowest BCUT2D eigenvalue weighted by Gasteiger charge is -2.20. The van der Waals surface area contributed by atoms with Gasteiger partial charge in [0, 0.05) is 37.4 Å². The van der Waals surface area contributed by atoms with Gasteiger partial charge in [-0.3, -0.25) is 9.59 Å². The van der Waals surface area contributed by atoms with Crippen LogP contribution < -0.4 is 10.1 Å². The van der Waals surface area contributed by atoms with Crippen LogP contribution in [0.2, 0.25) is 0 Å². The van der Waals surface area contributed by atoms with Crippen LogP contribution in [0.4, 0.5) is 5.69 Å². The smallest absolute Gasteiger partial charge is 0.254 e. The summed E-state index contributed by atoms with van der Waals surface area (Å²) < 4.78 is 12.8. The van der Waals surface area contributed by atoms with Gasteiger partial charge >= 0.3 is 0 Å². The number of nitrogens with zero attached hydrogens (tertiary/aromatic N) is 3. The number of fused-ring (bicyclic) bond motifs is 2. The molecular formula is C28H28N4O4. The van der Waals surface area contributed by atoms with Crippen molar-refractivity contribution in [3.05, 3.63) is 77.9 Å². The fourth-order valence-corrected chi connectivity index (χ4v) is 4.51. The second-order valence-corrected chi connectivity index (χ2v) is 8.73. The fourth-order valence-electron chi connectivity index (χ4n) is 4.51. The SMILES string of the molecule is COCCC(=O)Nc1cc(C(=O)N2CCOc3ccccc3C2)cc2nc(-c3ccccc3)n(C)c12. The Bertz CT molecular complexity index is 1410. The molecule has 8 heteroatoms. The van der Waals surface area contributed by atoms with Gasteiger partial charge in [0.25, 0.3) is 5.91 Å². The Kier molecular flexibility index (Phi) is 6.69. The number of carbonyl (C=O) groups is 2. The van der Waals surface area contributed by atoms with Gasteiger partial charge < -0.3 is 24.3 Å².